The summed E-state index contributed by atoms with van der Waals surface area (Å²) in [6.45, 7) is 2.16. The molecule has 40 heavy (non-hydrogen) atoms. The van der Waals surface area contributed by atoms with Gasteiger partial charge in [-0.15, -0.1) is 11.3 Å². The number of benzene rings is 1. The number of Topliss-reactive ketones (excluding diaryl/α,β-unsaturated/α-hetero) is 1. The Morgan fingerprint density at radius 2 is 1.95 bits per heavy atom. The van der Waals surface area contributed by atoms with E-state index in [-0.39, 0.29) is 18.7 Å². The summed E-state index contributed by atoms with van der Waals surface area (Å²) in [6, 6.07) is 16.0. The number of fused-ring (bicyclic) bond motifs is 2. The van der Waals surface area contributed by atoms with Gasteiger partial charge in [-0.05, 0) is 48.9 Å². The van der Waals surface area contributed by atoms with E-state index in [1.165, 1.54) is 11.3 Å². The molecule has 1 fully saturated rings. The lowest BCUT2D eigenvalue weighted by molar-refractivity contribution is 0.0115. The van der Waals surface area contributed by atoms with Crippen molar-refractivity contribution in [3.05, 3.63) is 77.6 Å². The smallest absolute Gasteiger partial charge is 0.261 e. The molecule has 7 nitrogen and oxygen atoms in total. The van der Waals surface area contributed by atoms with Gasteiger partial charge in [-0.25, -0.2) is 13.8 Å². The third-order valence-corrected chi connectivity index (χ3v) is 8.56. The van der Waals surface area contributed by atoms with Crippen LogP contribution in [0.3, 0.4) is 0 Å². The Balaban J connectivity index is 1.24. The van der Waals surface area contributed by atoms with Gasteiger partial charge in [0.05, 0.1) is 17.1 Å². The number of hydrogen-bond donors (Lipinski definition) is 2. The number of ketones is 1. The number of aromatic nitrogens is 5. The molecule has 1 aliphatic heterocycles. The van der Waals surface area contributed by atoms with Gasteiger partial charge in [0, 0.05) is 76.0 Å². The molecule has 5 aromatic heterocycles. The SMILES string of the molecule is CC(=O)c1ccc(-c2cccc3[nH]c(-c4n[nH]c5ncc(-c6cncc(CN7CCC(F)(F)C7)c6)cc45)cc23)s1. The van der Waals surface area contributed by atoms with Crippen molar-refractivity contribution in [1.29, 1.82) is 0 Å². The number of thiophene rings is 1. The number of halogens is 2. The molecule has 0 aliphatic carbocycles. The molecule has 0 atom stereocenters. The summed E-state index contributed by atoms with van der Waals surface area (Å²) in [5, 5.41) is 9.49. The number of hydrogen-bond acceptors (Lipinski definition) is 6. The van der Waals surface area contributed by atoms with Crippen LogP contribution in [0.2, 0.25) is 0 Å². The minimum absolute atomic E-state index is 0.0582. The van der Waals surface area contributed by atoms with Crippen LogP contribution in [-0.2, 0) is 6.54 Å². The third-order valence-electron chi connectivity index (χ3n) is 7.34. The highest BCUT2D eigenvalue weighted by molar-refractivity contribution is 7.17. The van der Waals surface area contributed by atoms with Crippen molar-refractivity contribution in [3.8, 4) is 33.0 Å². The Hall–Kier alpha value is -4.28. The van der Waals surface area contributed by atoms with Crippen LogP contribution in [0, 0.1) is 0 Å². The number of aromatic amines is 2. The van der Waals surface area contributed by atoms with Gasteiger partial charge in [-0.2, -0.15) is 5.10 Å². The van der Waals surface area contributed by atoms with E-state index in [0.29, 0.717) is 18.7 Å². The number of rotatable bonds is 6. The molecule has 6 heterocycles. The summed E-state index contributed by atoms with van der Waals surface area (Å²) >= 11 is 1.49. The molecule has 1 aromatic carbocycles. The maximum Gasteiger partial charge on any atom is 0.261 e. The van der Waals surface area contributed by atoms with E-state index < -0.39 is 5.92 Å². The van der Waals surface area contributed by atoms with Gasteiger partial charge < -0.3 is 4.98 Å². The van der Waals surface area contributed by atoms with Gasteiger partial charge in [0.15, 0.2) is 11.4 Å². The monoisotopic (exact) mass is 554 g/mol. The molecule has 6 aromatic rings. The van der Waals surface area contributed by atoms with Gasteiger partial charge >= 0.3 is 0 Å². The predicted molar refractivity (Wildman–Crippen MR) is 153 cm³/mol. The molecule has 10 heteroatoms. The minimum Gasteiger partial charge on any atom is -0.353 e. The number of carbonyl (C=O) groups is 1. The van der Waals surface area contributed by atoms with E-state index in [4.69, 9.17) is 0 Å². The second kappa shape index (κ2) is 9.42. The normalized spacial score (nSPS) is 15.4. The van der Waals surface area contributed by atoms with Crippen molar-refractivity contribution in [2.45, 2.75) is 25.8 Å². The molecule has 1 saturated heterocycles. The molecule has 0 spiro atoms. The number of pyridine rings is 2. The molecular formula is C30H24F2N6OS. The average Bonchev–Trinajstić information content (AvgIpc) is 3.73. The zero-order valence-corrected chi connectivity index (χ0v) is 22.4. The fourth-order valence-electron chi connectivity index (χ4n) is 5.37. The summed E-state index contributed by atoms with van der Waals surface area (Å²) in [5.41, 5.74) is 6.87. The molecule has 7 rings (SSSR count). The van der Waals surface area contributed by atoms with Crippen molar-refractivity contribution in [2.75, 3.05) is 13.1 Å². The van der Waals surface area contributed by atoms with E-state index in [1.54, 1.807) is 30.4 Å². The van der Waals surface area contributed by atoms with Crippen LogP contribution in [0.25, 0.3) is 54.9 Å². The number of nitrogens with one attached hydrogen (secondary N) is 2. The van der Waals surface area contributed by atoms with Gasteiger partial charge in [0.1, 0.15) is 5.69 Å². The van der Waals surface area contributed by atoms with Crippen LogP contribution >= 0.6 is 11.3 Å². The predicted octanol–water partition coefficient (Wildman–Crippen LogP) is 6.94. The second-order valence-corrected chi connectivity index (χ2v) is 11.3. The van der Waals surface area contributed by atoms with Crippen molar-refractivity contribution in [3.63, 3.8) is 0 Å². The summed E-state index contributed by atoms with van der Waals surface area (Å²) in [7, 11) is 0. The number of H-pyrrole nitrogens is 2. The first-order chi connectivity index (χ1) is 19.3. The molecular weight excluding hydrogens is 530 g/mol. The first-order valence-electron chi connectivity index (χ1n) is 12.9. The second-order valence-electron chi connectivity index (χ2n) is 10.3. The zero-order chi connectivity index (χ0) is 27.4. The standard InChI is InChI=1S/C30H24F2N6OS/c1-17(39)26-5-6-27(40-26)21-3-2-4-24-22(21)11-25(35-24)28-23-10-20(14-34-29(23)37-36-28)19-9-18(12-33-13-19)15-38-8-7-30(31,32)16-38/h2-6,9-14,35H,7-8,15-16H2,1H3,(H,34,36,37). The van der Waals surface area contributed by atoms with Gasteiger partial charge in [-0.1, -0.05) is 12.1 Å². The van der Waals surface area contributed by atoms with Gasteiger partial charge in [-0.3, -0.25) is 19.8 Å². The van der Waals surface area contributed by atoms with E-state index in [0.717, 1.165) is 59.7 Å². The molecule has 0 radical (unpaired) electrons. The Labute approximate surface area is 231 Å². The molecule has 1 aliphatic rings. The van der Waals surface area contributed by atoms with Crippen LogP contribution in [0.1, 0.15) is 28.6 Å². The van der Waals surface area contributed by atoms with Crippen LogP contribution < -0.4 is 0 Å². The summed E-state index contributed by atoms with van der Waals surface area (Å²) in [5.74, 6) is -2.56. The first kappa shape index (κ1) is 24.7. The largest absolute Gasteiger partial charge is 0.353 e. The summed E-state index contributed by atoms with van der Waals surface area (Å²) < 4.78 is 27.3. The lowest BCUT2D eigenvalue weighted by Gasteiger charge is -2.15. The van der Waals surface area contributed by atoms with Crippen molar-refractivity contribution < 1.29 is 13.6 Å². The molecule has 0 saturated carbocycles. The first-order valence-corrected chi connectivity index (χ1v) is 13.8. The topological polar surface area (TPSA) is 90.6 Å². The fraction of sp³-hybridized carbons (Fsp3) is 0.200. The molecule has 0 unspecified atom stereocenters. The van der Waals surface area contributed by atoms with Crippen molar-refractivity contribution >= 4 is 39.1 Å². The highest BCUT2D eigenvalue weighted by atomic mass is 32.1. The maximum atomic E-state index is 13.7. The highest BCUT2D eigenvalue weighted by Gasteiger charge is 2.37. The Morgan fingerprint density at radius 1 is 1.07 bits per heavy atom. The van der Waals surface area contributed by atoms with Crippen LogP contribution in [-0.4, -0.2) is 54.8 Å². The van der Waals surface area contributed by atoms with Gasteiger partial charge in [0.25, 0.3) is 5.92 Å². The lowest BCUT2D eigenvalue weighted by atomic mass is 10.1. The lowest BCUT2D eigenvalue weighted by Crippen LogP contribution is -2.24. The molecule has 0 bridgehead atoms. The molecule has 200 valence electrons. The van der Waals surface area contributed by atoms with E-state index in [2.05, 4.69) is 37.3 Å². The quantitative estimate of drug-likeness (QED) is 0.218. The minimum atomic E-state index is -2.62. The van der Waals surface area contributed by atoms with Crippen LogP contribution in [0.4, 0.5) is 8.78 Å². The van der Waals surface area contributed by atoms with Gasteiger partial charge in [0.2, 0.25) is 0 Å². The van der Waals surface area contributed by atoms with Crippen molar-refractivity contribution in [1.82, 2.24) is 30.0 Å². The number of carbonyl (C=O) groups excluding carboxylic acids is 1. The Bertz CT molecular complexity index is 1900. The van der Waals surface area contributed by atoms with Crippen molar-refractivity contribution in [2.24, 2.45) is 0 Å². The number of likely N-dealkylation sites (tertiary alicyclic amines) is 1. The van der Waals surface area contributed by atoms with Crippen LogP contribution in [0.15, 0.2) is 67.1 Å². The highest BCUT2D eigenvalue weighted by Crippen LogP contribution is 2.37. The van der Waals surface area contributed by atoms with E-state index in [9.17, 15) is 13.6 Å². The van der Waals surface area contributed by atoms with E-state index in [1.807, 2.05) is 36.4 Å². The Morgan fingerprint density at radius 3 is 2.75 bits per heavy atom. The summed E-state index contributed by atoms with van der Waals surface area (Å²) in [6.07, 6.45) is 5.15. The number of nitrogens with zero attached hydrogens (tertiary/aromatic N) is 4. The fourth-order valence-corrected chi connectivity index (χ4v) is 6.31. The maximum absolute atomic E-state index is 13.7. The van der Waals surface area contributed by atoms with Crippen LogP contribution in [0.5, 0.6) is 0 Å². The number of alkyl halides is 2. The third kappa shape index (κ3) is 4.48. The average molecular weight is 555 g/mol. The molecule has 0 amide bonds. The Kier molecular flexibility index (Phi) is 5.83. The summed E-state index contributed by atoms with van der Waals surface area (Å²) in [4.78, 5) is 27.8. The molecule has 2 N–H and O–H groups in total. The van der Waals surface area contributed by atoms with E-state index >= 15 is 0 Å². The zero-order valence-electron chi connectivity index (χ0n) is 21.5.